The Balaban J connectivity index is 1.76. The number of anilines is 1. The van der Waals surface area contributed by atoms with Gasteiger partial charge in [0.25, 0.3) is 0 Å². The van der Waals surface area contributed by atoms with E-state index < -0.39 is 0 Å². The van der Waals surface area contributed by atoms with Crippen LogP contribution in [0.25, 0.3) is 0 Å². The molecule has 1 amide bonds. The number of carbonyl (C=O) groups is 1. The number of amides is 1. The van der Waals surface area contributed by atoms with Crippen molar-refractivity contribution in [2.75, 3.05) is 38.6 Å². The maximum atomic E-state index is 11.5. The summed E-state index contributed by atoms with van der Waals surface area (Å²) < 4.78 is 0. The third kappa shape index (κ3) is 5.49. The first kappa shape index (κ1) is 18.7. The Morgan fingerprint density at radius 2 is 1.92 bits per heavy atom. The lowest BCUT2D eigenvalue weighted by Gasteiger charge is -2.31. The number of hydrogen-bond acceptors (Lipinski definition) is 4. The molecule has 1 saturated heterocycles. The lowest BCUT2D eigenvalue weighted by molar-refractivity contribution is -0.128. The minimum absolute atomic E-state index is 0.135. The summed E-state index contributed by atoms with van der Waals surface area (Å²) in [5.41, 5.74) is 2.49. The number of aliphatic hydroxyl groups is 1. The second-order valence-electron chi connectivity index (χ2n) is 6.88. The van der Waals surface area contributed by atoms with E-state index in [0.717, 1.165) is 38.9 Å². The smallest absolute Gasteiger partial charge is 0.222 e. The Morgan fingerprint density at radius 1 is 1.29 bits per heavy atom. The number of nitrogens with zero attached hydrogens (tertiary/aromatic N) is 2. The first-order valence-corrected chi connectivity index (χ1v) is 8.94. The maximum absolute atomic E-state index is 11.5. The highest BCUT2D eigenvalue weighted by Gasteiger charge is 2.17. The third-order valence-electron chi connectivity index (χ3n) is 4.74. The number of nitrogens with one attached hydrogen (secondary N) is 1. The van der Waals surface area contributed by atoms with Crippen molar-refractivity contribution < 1.29 is 9.90 Å². The number of aliphatic hydroxyl groups excluding tert-OH is 1. The van der Waals surface area contributed by atoms with Crippen molar-refractivity contribution in [2.45, 2.75) is 44.8 Å². The van der Waals surface area contributed by atoms with Crippen molar-refractivity contribution in [1.82, 2.24) is 10.2 Å². The Morgan fingerprint density at radius 3 is 2.50 bits per heavy atom. The second-order valence-corrected chi connectivity index (χ2v) is 6.88. The lowest BCUT2D eigenvalue weighted by atomic mass is 10.0. The topological polar surface area (TPSA) is 55.8 Å². The van der Waals surface area contributed by atoms with Crippen molar-refractivity contribution >= 4 is 11.6 Å². The van der Waals surface area contributed by atoms with E-state index in [1.165, 1.54) is 11.3 Å². The van der Waals surface area contributed by atoms with Gasteiger partial charge in [0.2, 0.25) is 5.91 Å². The SMILES string of the molecule is CC(NCCCC(=O)N(C)C)c1ccc(N2CCC(O)CC2)cc1. The van der Waals surface area contributed by atoms with E-state index in [9.17, 15) is 9.90 Å². The van der Waals surface area contributed by atoms with Gasteiger partial charge in [-0.3, -0.25) is 4.79 Å². The highest BCUT2D eigenvalue weighted by Crippen LogP contribution is 2.22. The van der Waals surface area contributed by atoms with Gasteiger partial charge in [-0.2, -0.15) is 0 Å². The standard InChI is InChI=1S/C19H31N3O2/c1-15(20-12-4-5-19(24)21(2)3)16-6-8-17(9-7-16)22-13-10-18(23)11-14-22/h6-9,15,18,20,23H,4-5,10-14H2,1-3H3. The molecule has 1 aromatic carbocycles. The van der Waals surface area contributed by atoms with E-state index in [-0.39, 0.29) is 18.1 Å². The molecule has 1 aromatic rings. The van der Waals surface area contributed by atoms with Gasteiger partial charge in [-0.15, -0.1) is 0 Å². The zero-order valence-electron chi connectivity index (χ0n) is 15.2. The zero-order valence-corrected chi connectivity index (χ0v) is 15.2. The van der Waals surface area contributed by atoms with E-state index in [4.69, 9.17) is 0 Å². The number of carbonyl (C=O) groups excluding carboxylic acids is 1. The minimum Gasteiger partial charge on any atom is -0.393 e. The van der Waals surface area contributed by atoms with Gasteiger partial charge >= 0.3 is 0 Å². The van der Waals surface area contributed by atoms with E-state index in [0.29, 0.717) is 6.42 Å². The average Bonchev–Trinajstić information content (AvgIpc) is 2.59. The monoisotopic (exact) mass is 333 g/mol. The fourth-order valence-electron chi connectivity index (χ4n) is 3.00. The van der Waals surface area contributed by atoms with Gasteiger partial charge in [0.05, 0.1) is 6.10 Å². The van der Waals surface area contributed by atoms with Crippen molar-refractivity contribution in [1.29, 1.82) is 0 Å². The predicted octanol–water partition coefficient (Wildman–Crippen LogP) is 2.17. The van der Waals surface area contributed by atoms with Gasteiger partial charge in [0.1, 0.15) is 0 Å². The van der Waals surface area contributed by atoms with Gasteiger partial charge in [-0.25, -0.2) is 0 Å². The van der Waals surface area contributed by atoms with Crippen LogP contribution in [-0.4, -0.2) is 55.7 Å². The van der Waals surface area contributed by atoms with Crippen molar-refractivity contribution in [3.63, 3.8) is 0 Å². The Labute approximate surface area is 145 Å². The van der Waals surface area contributed by atoms with E-state index >= 15 is 0 Å². The first-order valence-electron chi connectivity index (χ1n) is 8.94. The van der Waals surface area contributed by atoms with Gasteiger partial charge in [0.15, 0.2) is 0 Å². The molecule has 0 aromatic heterocycles. The number of rotatable bonds is 7. The molecule has 2 N–H and O–H groups in total. The molecule has 0 spiro atoms. The minimum atomic E-state index is -0.135. The van der Waals surface area contributed by atoms with Crippen LogP contribution in [0.1, 0.15) is 44.2 Å². The highest BCUT2D eigenvalue weighted by molar-refractivity contribution is 5.75. The average molecular weight is 333 g/mol. The van der Waals surface area contributed by atoms with Crippen LogP contribution < -0.4 is 10.2 Å². The van der Waals surface area contributed by atoms with Gasteiger partial charge < -0.3 is 20.2 Å². The van der Waals surface area contributed by atoms with Gasteiger partial charge in [0, 0.05) is 45.3 Å². The Hall–Kier alpha value is -1.59. The molecular weight excluding hydrogens is 302 g/mol. The molecule has 1 aliphatic rings. The maximum Gasteiger partial charge on any atom is 0.222 e. The summed E-state index contributed by atoms with van der Waals surface area (Å²) in [6, 6.07) is 8.95. The summed E-state index contributed by atoms with van der Waals surface area (Å²) in [6.07, 6.45) is 3.02. The summed E-state index contributed by atoms with van der Waals surface area (Å²) in [7, 11) is 3.59. The van der Waals surface area contributed by atoms with Crippen LogP contribution in [0.15, 0.2) is 24.3 Å². The molecule has 1 atom stereocenters. The summed E-state index contributed by atoms with van der Waals surface area (Å²) in [5.74, 6) is 0.181. The molecule has 1 fully saturated rings. The summed E-state index contributed by atoms with van der Waals surface area (Å²) in [5, 5.41) is 13.1. The van der Waals surface area contributed by atoms with Crippen LogP contribution in [0.5, 0.6) is 0 Å². The molecule has 2 rings (SSSR count). The van der Waals surface area contributed by atoms with Crippen LogP contribution in [0.2, 0.25) is 0 Å². The summed E-state index contributed by atoms with van der Waals surface area (Å²) >= 11 is 0. The molecule has 0 aliphatic carbocycles. The van der Waals surface area contributed by atoms with E-state index in [2.05, 4.69) is 41.4 Å². The van der Waals surface area contributed by atoms with E-state index in [1.807, 2.05) is 0 Å². The molecule has 0 saturated carbocycles. The van der Waals surface area contributed by atoms with Crippen LogP contribution in [-0.2, 0) is 4.79 Å². The molecule has 134 valence electrons. The Bertz CT molecular complexity index is 508. The molecule has 0 radical (unpaired) electrons. The van der Waals surface area contributed by atoms with Crippen LogP contribution in [0, 0.1) is 0 Å². The van der Waals surface area contributed by atoms with E-state index in [1.54, 1.807) is 19.0 Å². The van der Waals surface area contributed by atoms with Crippen molar-refractivity contribution in [2.24, 2.45) is 0 Å². The summed E-state index contributed by atoms with van der Waals surface area (Å²) in [6.45, 7) is 4.84. The number of hydrogen-bond donors (Lipinski definition) is 2. The van der Waals surface area contributed by atoms with Gasteiger partial charge in [-0.05, 0) is 50.4 Å². The molecule has 0 bridgehead atoms. The highest BCUT2D eigenvalue weighted by atomic mass is 16.3. The van der Waals surface area contributed by atoms with Crippen LogP contribution in [0.4, 0.5) is 5.69 Å². The molecule has 24 heavy (non-hydrogen) atoms. The molecule has 1 unspecified atom stereocenters. The number of benzene rings is 1. The molecule has 1 heterocycles. The fourth-order valence-corrected chi connectivity index (χ4v) is 3.00. The third-order valence-corrected chi connectivity index (χ3v) is 4.74. The molecule has 5 nitrogen and oxygen atoms in total. The Kier molecular flexibility index (Phi) is 7.06. The fraction of sp³-hybridized carbons (Fsp3) is 0.632. The van der Waals surface area contributed by atoms with Gasteiger partial charge in [-0.1, -0.05) is 12.1 Å². The molecule has 1 aliphatic heterocycles. The normalized spacial score (nSPS) is 16.9. The van der Waals surface area contributed by atoms with Crippen LogP contribution in [0.3, 0.4) is 0 Å². The van der Waals surface area contributed by atoms with Crippen molar-refractivity contribution in [3.8, 4) is 0 Å². The summed E-state index contributed by atoms with van der Waals surface area (Å²) in [4.78, 5) is 15.5. The number of piperidine rings is 1. The molecule has 5 heteroatoms. The first-order chi connectivity index (χ1) is 11.5. The zero-order chi connectivity index (χ0) is 17.5. The lowest BCUT2D eigenvalue weighted by Crippen LogP contribution is -2.35. The second kappa shape index (κ2) is 9.04. The largest absolute Gasteiger partial charge is 0.393 e. The molecular formula is C19H31N3O2. The van der Waals surface area contributed by atoms with Crippen LogP contribution >= 0.6 is 0 Å². The predicted molar refractivity (Wildman–Crippen MR) is 98.2 cm³/mol. The quantitative estimate of drug-likeness (QED) is 0.751. The van der Waals surface area contributed by atoms with Crippen molar-refractivity contribution in [3.05, 3.63) is 29.8 Å².